The van der Waals surface area contributed by atoms with Crippen molar-refractivity contribution in [1.82, 2.24) is 9.78 Å². The van der Waals surface area contributed by atoms with Gasteiger partial charge in [-0.05, 0) is 6.07 Å². The highest BCUT2D eigenvalue weighted by Crippen LogP contribution is 2.08. The molecule has 0 aliphatic heterocycles. The van der Waals surface area contributed by atoms with E-state index in [4.69, 9.17) is 14.3 Å². The predicted octanol–water partition coefficient (Wildman–Crippen LogP) is 1.10. The number of nitrogens with one attached hydrogen (secondary N) is 1. The van der Waals surface area contributed by atoms with Gasteiger partial charge in [0.25, 0.3) is 0 Å². The Kier molecular flexibility index (Phi) is 4.80. The van der Waals surface area contributed by atoms with Crippen molar-refractivity contribution in [3.05, 3.63) is 36.5 Å². The highest BCUT2D eigenvalue weighted by molar-refractivity contribution is 5.38. The summed E-state index contributed by atoms with van der Waals surface area (Å²) in [5.41, 5.74) is 2.05. The molecule has 0 amide bonds. The first-order valence-electron chi connectivity index (χ1n) is 5.84. The van der Waals surface area contributed by atoms with E-state index in [9.17, 15) is 0 Å². The summed E-state index contributed by atoms with van der Waals surface area (Å²) in [5, 5.41) is 16.0. The number of aromatic nitrogens is 2. The van der Waals surface area contributed by atoms with E-state index < -0.39 is 0 Å². The van der Waals surface area contributed by atoms with E-state index in [-0.39, 0.29) is 6.61 Å². The third-order valence-corrected chi connectivity index (χ3v) is 2.41. The summed E-state index contributed by atoms with van der Waals surface area (Å²) >= 11 is 0. The van der Waals surface area contributed by atoms with Gasteiger partial charge >= 0.3 is 0 Å². The van der Waals surface area contributed by atoms with E-state index in [0.717, 1.165) is 11.3 Å². The maximum absolute atomic E-state index is 8.56. The molecule has 2 heterocycles. The fourth-order valence-corrected chi connectivity index (χ4v) is 1.50. The summed E-state index contributed by atoms with van der Waals surface area (Å²) in [5.74, 6) is 0. The number of aliphatic hydroxyl groups excluding tert-OH is 1. The van der Waals surface area contributed by atoms with E-state index in [1.165, 1.54) is 0 Å². The van der Waals surface area contributed by atoms with Crippen molar-refractivity contribution in [1.29, 1.82) is 0 Å². The summed E-state index contributed by atoms with van der Waals surface area (Å²) in [6.07, 6.45) is 7.05. The van der Waals surface area contributed by atoms with Gasteiger partial charge in [0.15, 0.2) is 0 Å². The van der Waals surface area contributed by atoms with Gasteiger partial charge < -0.3 is 19.6 Å². The molecule has 0 saturated heterocycles. The molecule has 6 heteroatoms. The minimum absolute atomic E-state index is 0.0522. The van der Waals surface area contributed by atoms with Crippen molar-refractivity contribution < 1.29 is 14.3 Å². The van der Waals surface area contributed by atoms with Crippen LogP contribution in [-0.2, 0) is 17.8 Å². The lowest BCUT2D eigenvalue weighted by molar-refractivity contribution is 0.0854. The van der Waals surface area contributed by atoms with E-state index in [1.54, 1.807) is 23.4 Å². The molecule has 0 atom stereocenters. The summed E-state index contributed by atoms with van der Waals surface area (Å²) in [6, 6.07) is 1.92. The lowest BCUT2D eigenvalue weighted by Gasteiger charge is -2.02. The predicted molar refractivity (Wildman–Crippen MR) is 66.2 cm³/mol. The van der Waals surface area contributed by atoms with Crippen molar-refractivity contribution in [3.8, 4) is 0 Å². The van der Waals surface area contributed by atoms with Crippen molar-refractivity contribution in [2.75, 3.05) is 25.1 Å². The Morgan fingerprint density at radius 3 is 3.17 bits per heavy atom. The van der Waals surface area contributed by atoms with Gasteiger partial charge in [0.05, 0.1) is 50.8 Å². The van der Waals surface area contributed by atoms with Gasteiger partial charge in [-0.15, -0.1) is 0 Å². The molecule has 18 heavy (non-hydrogen) atoms. The fourth-order valence-electron chi connectivity index (χ4n) is 1.50. The Morgan fingerprint density at radius 2 is 2.39 bits per heavy atom. The van der Waals surface area contributed by atoms with Crippen molar-refractivity contribution in [2.24, 2.45) is 0 Å². The number of nitrogens with zero attached hydrogens (tertiary/aromatic N) is 2. The molecular formula is C12H17N3O3. The van der Waals surface area contributed by atoms with E-state index >= 15 is 0 Å². The average Bonchev–Trinajstić information content (AvgIpc) is 3.03. The third kappa shape index (κ3) is 3.90. The zero-order chi connectivity index (χ0) is 12.6. The summed E-state index contributed by atoms with van der Waals surface area (Å²) in [4.78, 5) is 0. The second-order valence-electron chi connectivity index (χ2n) is 3.81. The largest absolute Gasteiger partial charge is 0.472 e. The minimum Gasteiger partial charge on any atom is -0.472 e. The highest BCUT2D eigenvalue weighted by Gasteiger charge is 1.99. The zero-order valence-electron chi connectivity index (χ0n) is 10.1. The molecule has 2 aromatic rings. The van der Waals surface area contributed by atoms with Crippen LogP contribution in [0.4, 0.5) is 5.69 Å². The Bertz CT molecular complexity index is 439. The van der Waals surface area contributed by atoms with Crippen LogP contribution in [-0.4, -0.2) is 34.7 Å². The lowest BCUT2D eigenvalue weighted by atomic mass is 10.3. The van der Waals surface area contributed by atoms with Crippen LogP contribution in [0.25, 0.3) is 0 Å². The van der Waals surface area contributed by atoms with Gasteiger partial charge in [-0.1, -0.05) is 0 Å². The number of furan rings is 1. The molecular weight excluding hydrogens is 234 g/mol. The lowest BCUT2D eigenvalue weighted by Crippen LogP contribution is -2.08. The first kappa shape index (κ1) is 12.7. The molecule has 0 bridgehead atoms. The summed E-state index contributed by atoms with van der Waals surface area (Å²) < 4.78 is 12.0. The number of hydrogen-bond donors (Lipinski definition) is 2. The Morgan fingerprint density at radius 1 is 1.44 bits per heavy atom. The van der Waals surface area contributed by atoms with Crippen LogP contribution >= 0.6 is 0 Å². The van der Waals surface area contributed by atoms with Crippen LogP contribution in [0.2, 0.25) is 0 Å². The minimum atomic E-state index is 0.0522. The van der Waals surface area contributed by atoms with Gasteiger partial charge in [-0.25, -0.2) is 0 Å². The van der Waals surface area contributed by atoms with Crippen LogP contribution < -0.4 is 5.32 Å². The van der Waals surface area contributed by atoms with E-state index in [1.807, 2.05) is 12.3 Å². The molecule has 98 valence electrons. The third-order valence-electron chi connectivity index (χ3n) is 2.41. The van der Waals surface area contributed by atoms with Gasteiger partial charge in [-0.3, -0.25) is 4.68 Å². The second kappa shape index (κ2) is 6.83. The number of anilines is 1. The van der Waals surface area contributed by atoms with Crippen LogP contribution in [0.5, 0.6) is 0 Å². The second-order valence-corrected chi connectivity index (χ2v) is 3.81. The van der Waals surface area contributed by atoms with Crippen LogP contribution in [0.3, 0.4) is 0 Å². The van der Waals surface area contributed by atoms with Crippen LogP contribution in [0, 0.1) is 0 Å². The normalized spacial score (nSPS) is 10.7. The van der Waals surface area contributed by atoms with Crippen molar-refractivity contribution >= 4 is 5.69 Å². The molecule has 2 rings (SSSR count). The molecule has 0 saturated carbocycles. The van der Waals surface area contributed by atoms with E-state index in [0.29, 0.717) is 26.3 Å². The molecule has 0 aliphatic rings. The first-order chi connectivity index (χ1) is 8.88. The average molecular weight is 251 g/mol. The molecule has 2 N–H and O–H groups in total. The first-order valence-corrected chi connectivity index (χ1v) is 5.84. The molecule has 0 aromatic carbocycles. The topological polar surface area (TPSA) is 72.5 Å². The smallest absolute Gasteiger partial charge is 0.0952 e. The molecule has 6 nitrogen and oxygen atoms in total. The van der Waals surface area contributed by atoms with Crippen LogP contribution in [0.1, 0.15) is 5.56 Å². The maximum atomic E-state index is 8.56. The monoisotopic (exact) mass is 251 g/mol. The van der Waals surface area contributed by atoms with E-state index in [2.05, 4.69) is 10.4 Å². The standard InChI is InChI=1S/C12H17N3O3/c16-3-6-17-5-2-15-9-12(8-14-15)13-7-11-1-4-18-10-11/h1,4,8-10,13,16H,2-3,5-7H2. The molecule has 0 unspecified atom stereocenters. The quantitative estimate of drug-likeness (QED) is 0.687. The van der Waals surface area contributed by atoms with Crippen molar-refractivity contribution in [3.63, 3.8) is 0 Å². The van der Waals surface area contributed by atoms with Gasteiger partial charge in [0.2, 0.25) is 0 Å². The fraction of sp³-hybridized carbons (Fsp3) is 0.417. The zero-order valence-corrected chi connectivity index (χ0v) is 10.1. The molecule has 0 aliphatic carbocycles. The summed E-state index contributed by atoms with van der Waals surface area (Å²) in [6.45, 7) is 2.35. The maximum Gasteiger partial charge on any atom is 0.0952 e. The number of hydrogen-bond acceptors (Lipinski definition) is 5. The Hall–Kier alpha value is -1.79. The molecule has 0 fully saturated rings. The number of aliphatic hydroxyl groups is 1. The SMILES string of the molecule is OCCOCCn1cc(NCc2ccoc2)cn1. The highest BCUT2D eigenvalue weighted by atomic mass is 16.5. The molecule has 0 radical (unpaired) electrons. The number of ether oxygens (including phenoxy) is 1. The van der Waals surface area contributed by atoms with Crippen LogP contribution in [0.15, 0.2) is 35.4 Å². The number of rotatable bonds is 8. The van der Waals surface area contributed by atoms with Gasteiger partial charge in [-0.2, -0.15) is 5.10 Å². The van der Waals surface area contributed by atoms with Gasteiger partial charge in [0, 0.05) is 18.3 Å². The Labute approximate surface area is 105 Å². The summed E-state index contributed by atoms with van der Waals surface area (Å²) in [7, 11) is 0. The van der Waals surface area contributed by atoms with Gasteiger partial charge in [0.1, 0.15) is 0 Å². The molecule has 2 aromatic heterocycles. The molecule has 0 spiro atoms. The van der Waals surface area contributed by atoms with Crippen molar-refractivity contribution in [2.45, 2.75) is 13.1 Å². The Balaban J connectivity index is 1.72.